The summed E-state index contributed by atoms with van der Waals surface area (Å²) in [5.41, 5.74) is 9.17. The predicted molar refractivity (Wildman–Crippen MR) is 62.7 cm³/mol. The Balaban J connectivity index is 2.77. The monoisotopic (exact) mass is 203 g/mol. The van der Waals surface area contributed by atoms with Crippen LogP contribution in [0, 0.1) is 6.92 Å². The number of fused-ring (bicyclic) bond motifs is 1. The van der Waals surface area contributed by atoms with Crippen molar-refractivity contribution >= 4 is 10.9 Å². The molecule has 0 amide bonds. The highest BCUT2D eigenvalue weighted by Crippen LogP contribution is 2.23. The molecule has 0 saturated carbocycles. The highest BCUT2D eigenvalue weighted by molar-refractivity contribution is 5.85. The van der Waals surface area contributed by atoms with E-state index in [0.717, 1.165) is 5.52 Å². The van der Waals surface area contributed by atoms with Crippen LogP contribution < -0.4 is 5.73 Å². The summed E-state index contributed by atoms with van der Waals surface area (Å²) in [6.45, 7) is 6.96. The van der Waals surface area contributed by atoms with Gasteiger partial charge in [0, 0.05) is 23.7 Å². The van der Waals surface area contributed by atoms with E-state index in [1.165, 1.54) is 16.6 Å². The third-order valence-corrected chi connectivity index (χ3v) is 2.76. The summed E-state index contributed by atoms with van der Waals surface area (Å²) in [6.07, 6.45) is 0. The van der Waals surface area contributed by atoms with Crippen molar-refractivity contribution in [2.75, 3.05) is 0 Å². The Bertz CT molecular complexity index is 483. The summed E-state index contributed by atoms with van der Waals surface area (Å²) in [4.78, 5) is 0. The molecule has 0 fully saturated rings. The third-order valence-electron chi connectivity index (χ3n) is 2.76. The molecule has 0 aliphatic heterocycles. The number of nitrogens with two attached hydrogens (primary N) is 1. The van der Waals surface area contributed by atoms with Gasteiger partial charge < -0.3 is 5.73 Å². The van der Waals surface area contributed by atoms with Crippen LogP contribution in [-0.2, 0) is 6.54 Å². The summed E-state index contributed by atoms with van der Waals surface area (Å²) in [7, 11) is 0. The van der Waals surface area contributed by atoms with Crippen molar-refractivity contribution < 1.29 is 0 Å². The van der Waals surface area contributed by atoms with E-state index in [9.17, 15) is 0 Å². The molecule has 0 radical (unpaired) electrons. The van der Waals surface area contributed by atoms with Gasteiger partial charge in [0.2, 0.25) is 0 Å². The fourth-order valence-corrected chi connectivity index (χ4v) is 2.07. The number of aromatic nitrogens is 2. The number of hydrogen-bond acceptors (Lipinski definition) is 2. The molecule has 0 bridgehead atoms. The van der Waals surface area contributed by atoms with Crippen LogP contribution in [0.2, 0.25) is 0 Å². The Morgan fingerprint density at radius 2 is 2.13 bits per heavy atom. The van der Waals surface area contributed by atoms with Crippen molar-refractivity contribution in [1.82, 2.24) is 9.78 Å². The molecule has 80 valence electrons. The average Bonchev–Trinajstić information content (AvgIpc) is 2.56. The quantitative estimate of drug-likeness (QED) is 0.814. The molecule has 0 aliphatic carbocycles. The van der Waals surface area contributed by atoms with Gasteiger partial charge in [-0.15, -0.1) is 0 Å². The van der Waals surface area contributed by atoms with E-state index in [0.29, 0.717) is 12.6 Å². The zero-order valence-electron chi connectivity index (χ0n) is 9.49. The van der Waals surface area contributed by atoms with Gasteiger partial charge in [0.1, 0.15) is 0 Å². The molecule has 0 unspecified atom stereocenters. The molecule has 2 rings (SSSR count). The molecule has 2 N–H and O–H groups in total. The Labute approximate surface area is 89.9 Å². The minimum absolute atomic E-state index is 0.392. The molecular formula is C12H17N3. The summed E-state index contributed by atoms with van der Waals surface area (Å²) < 4.78 is 2.06. The molecule has 0 aliphatic rings. The Morgan fingerprint density at radius 3 is 2.73 bits per heavy atom. The Morgan fingerprint density at radius 1 is 1.40 bits per heavy atom. The minimum atomic E-state index is 0.392. The van der Waals surface area contributed by atoms with Crippen LogP contribution in [-0.4, -0.2) is 9.78 Å². The fourth-order valence-electron chi connectivity index (χ4n) is 2.07. The van der Waals surface area contributed by atoms with Gasteiger partial charge in [-0.25, -0.2) is 0 Å². The summed E-state index contributed by atoms with van der Waals surface area (Å²) in [6, 6.07) is 6.52. The fraction of sp³-hybridized carbons (Fsp3) is 0.417. The van der Waals surface area contributed by atoms with Gasteiger partial charge in [0.05, 0.1) is 5.52 Å². The number of hydrogen-bond donors (Lipinski definition) is 1. The first-order valence-electron chi connectivity index (χ1n) is 5.32. The van der Waals surface area contributed by atoms with Crippen molar-refractivity contribution in [3.63, 3.8) is 0 Å². The summed E-state index contributed by atoms with van der Waals surface area (Å²) in [5, 5.41) is 5.80. The summed E-state index contributed by atoms with van der Waals surface area (Å²) >= 11 is 0. The molecule has 3 nitrogen and oxygen atoms in total. The van der Waals surface area contributed by atoms with Crippen LogP contribution in [0.1, 0.15) is 31.1 Å². The van der Waals surface area contributed by atoms with E-state index in [1.807, 2.05) is 12.1 Å². The van der Waals surface area contributed by atoms with Gasteiger partial charge in [-0.3, -0.25) is 4.68 Å². The van der Waals surface area contributed by atoms with Crippen LogP contribution in [0.15, 0.2) is 18.2 Å². The lowest BCUT2D eigenvalue weighted by atomic mass is 10.1. The van der Waals surface area contributed by atoms with Gasteiger partial charge in [0.15, 0.2) is 0 Å². The topological polar surface area (TPSA) is 43.8 Å². The Hall–Kier alpha value is -1.35. The molecule has 2 aromatic rings. The lowest BCUT2D eigenvalue weighted by Crippen LogP contribution is -2.04. The number of benzene rings is 1. The number of aryl methyl sites for hydroxylation is 1. The second-order valence-electron chi connectivity index (χ2n) is 4.14. The molecular weight excluding hydrogens is 186 g/mol. The molecule has 0 spiro atoms. The van der Waals surface area contributed by atoms with Crippen LogP contribution in [0.4, 0.5) is 0 Å². The van der Waals surface area contributed by atoms with E-state index in [2.05, 4.69) is 36.6 Å². The van der Waals surface area contributed by atoms with E-state index < -0.39 is 0 Å². The van der Waals surface area contributed by atoms with Crippen molar-refractivity contribution in [2.24, 2.45) is 5.73 Å². The first kappa shape index (κ1) is 10.2. The smallest absolute Gasteiger partial charge is 0.0929 e. The largest absolute Gasteiger partial charge is 0.326 e. The maximum atomic E-state index is 5.73. The zero-order chi connectivity index (χ0) is 11.0. The van der Waals surface area contributed by atoms with Crippen LogP contribution >= 0.6 is 0 Å². The Kier molecular flexibility index (Phi) is 2.49. The van der Waals surface area contributed by atoms with Gasteiger partial charge >= 0.3 is 0 Å². The van der Waals surface area contributed by atoms with Crippen molar-refractivity contribution in [3.05, 3.63) is 29.5 Å². The standard InChI is InChI=1S/C12H17N3/c1-8(2)15-9(3)12-10(7-13)5-4-6-11(12)14-15/h4-6,8H,7,13H2,1-3H3. The first-order chi connectivity index (χ1) is 7.15. The van der Waals surface area contributed by atoms with Crippen LogP contribution in [0.5, 0.6) is 0 Å². The highest BCUT2D eigenvalue weighted by Gasteiger charge is 2.11. The van der Waals surface area contributed by atoms with E-state index in [1.54, 1.807) is 0 Å². The van der Waals surface area contributed by atoms with E-state index >= 15 is 0 Å². The van der Waals surface area contributed by atoms with E-state index in [4.69, 9.17) is 5.73 Å². The lowest BCUT2D eigenvalue weighted by Gasteiger charge is -2.07. The first-order valence-corrected chi connectivity index (χ1v) is 5.32. The van der Waals surface area contributed by atoms with Crippen molar-refractivity contribution in [3.8, 4) is 0 Å². The van der Waals surface area contributed by atoms with Gasteiger partial charge in [0.25, 0.3) is 0 Å². The number of rotatable bonds is 2. The third kappa shape index (κ3) is 1.53. The molecule has 1 heterocycles. The molecule has 0 atom stereocenters. The average molecular weight is 203 g/mol. The molecule has 1 aromatic heterocycles. The van der Waals surface area contributed by atoms with Gasteiger partial charge in [-0.1, -0.05) is 12.1 Å². The normalized spacial score (nSPS) is 11.5. The minimum Gasteiger partial charge on any atom is -0.326 e. The second-order valence-corrected chi connectivity index (χ2v) is 4.14. The second kappa shape index (κ2) is 3.66. The van der Waals surface area contributed by atoms with Crippen molar-refractivity contribution in [2.45, 2.75) is 33.4 Å². The molecule has 15 heavy (non-hydrogen) atoms. The zero-order valence-corrected chi connectivity index (χ0v) is 9.49. The van der Waals surface area contributed by atoms with Crippen LogP contribution in [0.3, 0.4) is 0 Å². The lowest BCUT2D eigenvalue weighted by molar-refractivity contribution is 0.524. The molecule has 1 aromatic carbocycles. The van der Waals surface area contributed by atoms with E-state index in [-0.39, 0.29) is 0 Å². The van der Waals surface area contributed by atoms with Gasteiger partial charge in [-0.2, -0.15) is 5.10 Å². The van der Waals surface area contributed by atoms with Crippen LogP contribution in [0.25, 0.3) is 10.9 Å². The maximum Gasteiger partial charge on any atom is 0.0929 e. The van der Waals surface area contributed by atoms with Gasteiger partial charge in [-0.05, 0) is 32.4 Å². The maximum absolute atomic E-state index is 5.73. The van der Waals surface area contributed by atoms with Crippen molar-refractivity contribution in [1.29, 1.82) is 0 Å². The summed E-state index contributed by atoms with van der Waals surface area (Å²) in [5.74, 6) is 0. The SMILES string of the molecule is Cc1c2c(CN)cccc2nn1C(C)C. The molecule has 0 saturated heterocycles. The highest BCUT2D eigenvalue weighted by atomic mass is 15.3. The number of nitrogens with zero attached hydrogens (tertiary/aromatic N) is 2. The molecule has 3 heteroatoms. The predicted octanol–water partition coefficient (Wildman–Crippen LogP) is 2.38.